The second-order valence-electron chi connectivity index (χ2n) is 8.43. The molecule has 0 unspecified atom stereocenters. The van der Waals surface area contributed by atoms with Gasteiger partial charge in [-0.05, 0) is 36.5 Å². The van der Waals surface area contributed by atoms with Crippen LogP contribution in [0.2, 0.25) is 0 Å². The second kappa shape index (κ2) is 10.8. The molecule has 0 radical (unpaired) electrons. The lowest BCUT2D eigenvalue weighted by atomic mass is 10.1. The third kappa shape index (κ3) is 5.76. The topological polar surface area (TPSA) is 132 Å². The van der Waals surface area contributed by atoms with Gasteiger partial charge < -0.3 is 10.6 Å². The summed E-state index contributed by atoms with van der Waals surface area (Å²) in [5.74, 6) is -0.0328. The van der Waals surface area contributed by atoms with Crippen molar-refractivity contribution in [1.82, 2.24) is 24.3 Å². The number of hydrogen-bond acceptors (Lipinski definition) is 6. The van der Waals surface area contributed by atoms with Crippen LogP contribution in [0.25, 0.3) is 0 Å². The molecule has 33 heavy (non-hydrogen) atoms. The Morgan fingerprint density at radius 3 is 2.55 bits per heavy atom. The van der Waals surface area contributed by atoms with E-state index in [0.717, 1.165) is 18.4 Å². The molecule has 3 rings (SSSR count). The van der Waals surface area contributed by atoms with Gasteiger partial charge in [-0.3, -0.25) is 19.1 Å². The van der Waals surface area contributed by atoms with Crippen LogP contribution in [0.15, 0.2) is 46.5 Å². The van der Waals surface area contributed by atoms with Gasteiger partial charge in [0.2, 0.25) is 0 Å². The van der Waals surface area contributed by atoms with Crippen molar-refractivity contribution >= 4 is 17.4 Å². The third-order valence-electron chi connectivity index (χ3n) is 5.41. The number of benzene rings is 1. The molecule has 176 valence electrons. The first-order valence-corrected chi connectivity index (χ1v) is 11.2. The zero-order valence-corrected chi connectivity index (χ0v) is 19.3. The summed E-state index contributed by atoms with van der Waals surface area (Å²) in [7, 11) is 0. The Hall–Kier alpha value is -3.69. The molecule has 10 heteroatoms. The fourth-order valence-corrected chi connectivity index (χ4v) is 3.49. The van der Waals surface area contributed by atoms with Crippen LogP contribution in [0, 0.1) is 5.92 Å². The van der Waals surface area contributed by atoms with Gasteiger partial charge in [-0.25, -0.2) is 14.5 Å². The molecule has 0 aliphatic rings. The number of aromatic nitrogens is 5. The van der Waals surface area contributed by atoms with E-state index in [1.165, 1.54) is 15.8 Å². The van der Waals surface area contributed by atoms with Crippen LogP contribution in [-0.2, 0) is 13.1 Å². The summed E-state index contributed by atoms with van der Waals surface area (Å²) in [4.78, 5) is 46.3. The molecule has 0 atom stereocenters. The first-order chi connectivity index (χ1) is 15.8. The Bertz CT molecular complexity index is 1180. The largest absolute Gasteiger partial charge is 0.383 e. The smallest absolute Gasteiger partial charge is 0.330 e. The fraction of sp³-hybridized carbons (Fsp3) is 0.435. The number of H-pyrrole nitrogens is 1. The molecule has 0 spiro atoms. The van der Waals surface area contributed by atoms with Crippen molar-refractivity contribution in [2.75, 3.05) is 17.2 Å². The van der Waals surface area contributed by atoms with Crippen LogP contribution in [0.5, 0.6) is 0 Å². The zero-order valence-electron chi connectivity index (χ0n) is 19.3. The molecular weight excluding hydrogens is 422 g/mol. The maximum atomic E-state index is 13.5. The number of hydrogen-bond donors (Lipinski definition) is 2. The van der Waals surface area contributed by atoms with Gasteiger partial charge in [-0.15, -0.1) is 0 Å². The summed E-state index contributed by atoms with van der Waals surface area (Å²) in [6, 6.07) is 7.11. The number of unbranched alkanes of at least 4 members (excludes halogenated alkanes) is 1. The highest BCUT2D eigenvalue weighted by atomic mass is 16.2. The van der Waals surface area contributed by atoms with Crippen molar-refractivity contribution in [1.29, 1.82) is 0 Å². The Morgan fingerprint density at radius 2 is 1.94 bits per heavy atom. The highest BCUT2D eigenvalue weighted by molar-refractivity contribution is 6.07. The molecule has 10 nitrogen and oxygen atoms in total. The van der Waals surface area contributed by atoms with Gasteiger partial charge in [0.25, 0.3) is 11.5 Å². The molecule has 0 fully saturated rings. The number of carbonyl (C=O) groups is 1. The Kier molecular flexibility index (Phi) is 7.81. The molecule has 3 aromatic rings. The van der Waals surface area contributed by atoms with E-state index < -0.39 is 11.2 Å². The molecule has 0 saturated carbocycles. The molecule has 0 saturated heterocycles. The molecular formula is C23H31N7O3. The van der Waals surface area contributed by atoms with Crippen molar-refractivity contribution in [2.45, 2.75) is 53.1 Å². The molecule has 2 aromatic heterocycles. The number of nitrogen functional groups attached to an aromatic ring is 1. The third-order valence-corrected chi connectivity index (χ3v) is 5.41. The van der Waals surface area contributed by atoms with Crippen LogP contribution >= 0.6 is 0 Å². The van der Waals surface area contributed by atoms with Gasteiger partial charge in [0.05, 0.1) is 6.54 Å². The van der Waals surface area contributed by atoms with Crippen LogP contribution in [-0.4, -0.2) is 36.8 Å². The number of anilines is 2. The molecule has 0 aliphatic heterocycles. The van der Waals surface area contributed by atoms with E-state index in [2.05, 4.69) is 15.1 Å². The Labute approximate surface area is 192 Å². The van der Waals surface area contributed by atoms with Crippen molar-refractivity contribution in [3.63, 3.8) is 0 Å². The molecule has 0 aliphatic carbocycles. The van der Waals surface area contributed by atoms with Gasteiger partial charge in [0, 0.05) is 18.7 Å². The fourth-order valence-electron chi connectivity index (χ4n) is 3.49. The van der Waals surface area contributed by atoms with Crippen LogP contribution < -0.4 is 21.9 Å². The number of nitrogens with zero attached hydrogens (tertiary/aromatic N) is 5. The van der Waals surface area contributed by atoms with E-state index in [1.807, 2.05) is 32.9 Å². The number of rotatable bonds is 10. The highest BCUT2D eigenvalue weighted by Crippen LogP contribution is 2.21. The first kappa shape index (κ1) is 24.0. The molecule has 0 bridgehead atoms. The summed E-state index contributed by atoms with van der Waals surface area (Å²) in [5.41, 5.74) is 6.45. The molecule has 3 N–H and O–H groups in total. The molecule has 2 heterocycles. The van der Waals surface area contributed by atoms with Crippen molar-refractivity contribution < 1.29 is 4.79 Å². The molecule has 1 aromatic carbocycles. The van der Waals surface area contributed by atoms with Gasteiger partial charge >= 0.3 is 5.69 Å². The summed E-state index contributed by atoms with van der Waals surface area (Å²) in [5, 5.41) is 4.08. The average molecular weight is 454 g/mol. The van der Waals surface area contributed by atoms with Gasteiger partial charge in [0.1, 0.15) is 18.5 Å². The van der Waals surface area contributed by atoms with Gasteiger partial charge in [-0.1, -0.05) is 39.3 Å². The van der Waals surface area contributed by atoms with E-state index in [-0.39, 0.29) is 17.4 Å². The monoisotopic (exact) mass is 453 g/mol. The minimum Gasteiger partial charge on any atom is -0.383 e. The van der Waals surface area contributed by atoms with Gasteiger partial charge in [-0.2, -0.15) is 5.10 Å². The normalized spacial score (nSPS) is 11.2. The summed E-state index contributed by atoms with van der Waals surface area (Å²) < 4.78 is 3.02. The number of carbonyl (C=O) groups excluding carboxylic acids is 1. The maximum absolute atomic E-state index is 13.5. The first-order valence-electron chi connectivity index (χ1n) is 11.2. The number of amides is 1. The molecule has 1 amide bonds. The lowest BCUT2D eigenvalue weighted by molar-refractivity contribution is 0.0985. The van der Waals surface area contributed by atoms with E-state index >= 15 is 0 Å². The van der Waals surface area contributed by atoms with E-state index in [1.54, 1.807) is 23.1 Å². The lowest BCUT2D eigenvalue weighted by Gasteiger charge is -2.25. The number of nitrogens with two attached hydrogens (primary N) is 1. The second-order valence-corrected chi connectivity index (χ2v) is 8.43. The van der Waals surface area contributed by atoms with Crippen LogP contribution in [0.3, 0.4) is 0 Å². The summed E-state index contributed by atoms with van der Waals surface area (Å²) >= 11 is 0. The zero-order chi connectivity index (χ0) is 24.0. The quantitative estimate of drug-likeness (QED) is 0.484. The van der Waals surface area contributed by atoms with Crippen molar-refractivity contribution in [2.24, 2.45) is 5.92 Å². The lowest BCUT2D eigenvalue weighted by Crippen LogP contribution is -2.42. The van der Waals surface area contributed by atoms with Crippen LogP contribution in [0.4, 0.5) is 11.5 Å². The van der Waals surface area contributed by atoms with E-state index in [4.69, 9.17) is 5.73 Å². The maximum Gasteiger partial charge on any atom is 0.330 e. The average Bonchev–Trinajstić information content (AvgIpc) is 3.28. The van der Waals surface area contributed by atoms with Gasteiger partial charge in [0.15, 0.2) is 5.69 Å². The summed E-state index contributed by atoms with van der Waals surface area (Å²) in [6.07, 6.45) is 5.34. The Balaban J connectivity index is 1.96. The minimum atomic E-state index is -0.662. The standard InChI is InChI=1S/C23H31N7O3/c1-4-5-11-30-20(24)19(21(31)27-23(30)33)29(12-10-16(2)3)22(32)18-8-6-17(7-9-18)13-28-15-25-14-26-28/h6-9,14-16H,4-5,10-13,24H2,1-3H3,(H,27,31,33). The Morgan fingerprint density at radius 1 is 1.21 bits per heavy atom. The van der Waals surface area contributed by atoms with E-state index in [9.17, 15) is 14.4 Å². The number of aromatic amines is 1. The minimum absolute atomic E-state index is 0.0112. The highest BCUT2D eigenvalue weighted by Gasteiger charge is 2.25. The van der Waals surface area contributed by atoms with Crippen molar-refractivity contribution in [3.05, 3.63) is 68.9 Å². The predicted molar refractivity (Wildman–Crippen MR) is 127 cm³/mol. The predicted octanol–water partition coefficient (Wildman–Crippen LogP) is 2.25. The summed E-state index contributed by atoms with van der Waals surface area (Å²) in [6.45, 7) is 7.28. The SMILES string of the molecule is CCCCn1c(N)c(N(CCC(C)C)C(=O)c2ccc(Cn3cncn3)cc2)c(=O)[nH]c1=O. The van der Waals surface area contributed by atoms with Crippen molar-refractivity contribution in [3.8, 4) is 0 Å². The number of nitrogens with one attached hydrogen (secondary N) is 1. The van der Waals surface area contributed by atoms with E-state index in [0.29, 0.717) is 37.5 Å². The van der Waals surface area contributed by atoms with Crippen LogP contribution in [0.1, 0.15) is 56.0 Å².